The van der Waals surface area contributed by atoms with E-state index in [1.54, 1.807) is 24.3 Å². The number of nitrogens with zero attached hydrogens (tertiary/aromatic N) is 1. The first-order valence-corrected chi connectivity index (χ1v) is 7.13. The Balaban J connectivity index is 2.01. The van der Waals surface area contributed by atoms with Crippen LogP contribution in [0.4, 0.5) is 0 Å². The Bertz CT molecular complexity index is 677. The maximum absolute atomic E-state index is 11.7. The number of phenols is 1. The molecule has 1 aliphatic heterocycles. The number of hydrogen-bond acceptors (Lipinski definition) is 4. The highest BCUT2D eigenvalue weighted by Gasteiger charge is 2.19. The van der Waals surface area contributed by atoms with Crippen molar-refractivity contribution in [3.63, 3.8) is 0 Å². The van der Waals surface area contributed by atoms with Crippen LogP contribution in [0.3, 0.4) is 0 Å². The predicted molar refractivity (Wildman–Crippen MR) is 77.9 cm³/mol. The largest absolute Gasteiger partial charge is 0.508 e. The third-order valence-electron chi connectivity index (χ3n) is 4.13. The van der Waals surface area contributed by atoms with Crippen molar-refractivity contribution in [1.29, 1.82) is 0 Å². The van der Waals surface area contributed by atoms with E-state index in [0.717, 1.165) is 24.0 Å². The zero-order chi connectivity index (χ0) is 14.1. The molecule has 0 aliphatic carbocycles. The smallest absolute Gasteiger partial charge is 0.336 e. The van der Waals surface area contributed by atoms with Crippen molar-refractivity contribution in [3.05, 3.63) is 40.2 Å². The number of aromatic hydroxyl groups is 1. The molecule has 0 spiro atoms. The molecular weight excluding hydrogens is 254 g/mol. The molecule has 0 saturated carbocycles. The van der Waals surface area contributed by atoms with E-state index in [9.17, 15) is 9.90 Å². The molecular formula is C16H19NO3. The SMILES string of the molecule is C[C@H]1CCCCN1Cc1cc(=O)oc2ccc(O)cc12. The molecule has 1 fully saturated rings. The van der Waals surface area contributed by atoms with Crippen LogP contribution in [0.25, 0.3) is 11.0 Å². The van der Waals surface area contributed by atoms with Gasteiger partial charge in [-0.3, -0.25) is 4.90 Å². The summed E-state index contributed by atoms with van der Waals surface area (Å²) in [4.78, 5) is 14.1. The molecule has 20 heavy (non-hydrogen) atoms. The van der Waals surface area contributed by atoms with Crippen LogP contribution in [0.15, 0.2) is 33.5 Å². The Hall–Kier alpha value is -1.81. The summed E-state index contributed by atoms with van der Waals surface area (Å²) in [6.07, 6.45) is 3.68. The molecule has 1 aromatic carbocycles. The zero-order valence-electron chi connectivity index (χ0n) is 11.6. The van der Waals surface area contributed by atoms with E-state index in [0.29, 0.717) is 11.6 Å². The van der Waals surface area contributed by atoms with E-state index < -0.39 is 0 Å². The van der Waals surface area contributed by atoms with Crippen LogP contribution >= 0.6 is 0 Å². The van der Waals surface area contributed by atoms with Gasteiger partial charge in [0.2, 0.25) is 0 Å². The average molecular weight is 273 g/mol. The molecule has 1 aliphatic rings. The van der Waals surface area contributed by atoms with E-state index in [4.69, 9.17) is 4.42 Å². The van der Waals surface area contributed by atoms with Gasteiger partial charge in [-0.1, -0.05) is 6.42 Å². The second-order valence-corrected chi connectivity index (χ2v) is 5.59. The fourth-order valence-corrected chi connectivity index (χ4v) is 2.96. The molecule has 4 heteroatoms. The summed E-state index contributed by atoms with van der Waals surface area (Å²) in [6, 6.07) is 6.93. The van der Waals surface area contributed by atoms with Gasteiger partial charge in [0.05, 0.1) is 0 Å². The molecule has 1 saturated heterocycles. The third kappa shape index (κ3) is 2.56. The third-order valence-corrected chi connectivity index (χ3v) is 4.13. The van der Waals surface area contributed by atoms with E-state index in [2.05, 4.69) is 11.8 Å². The number of hydrogen-bond donors (Lipinski definition) is 1. The van der Waals surface area contributed by atoms with Crippen LogP contribution in [0.5, 0.6) is 5.75 Å². The molecule has 1 aromatic heterocycles. The number of phenolic OH excluding ortho intramolecular Hbond substituents is 1. The predicted octanol–water partition coefficient (Wildman–Crippen LogP) is 2.87. The molecule has 106 valence electrons. The standard InChI is InChI=1S/C16H19NO3/c1-11-4-2-3-7-17(11)10-12-8-16(19)20-15-6-5-13(18)9-14(12)15/h5-6,8-9,11,18H,2-4,7,10H2,1H3/t11-/m0/s1. The summed E-state index contributed by atoms with van der Waals surface area (Å²) in [6.45, 7) is 4.01. The molecule has 3 rings (SSSR count). The van der Waals surface area contributed by atoms with E-state index >= 15 is 0 Å². The van der Waals surface area contributed by atoms with Gasteiger partial charge < -0.3 is 9.52 Å². The lowest BCUT2D eigenvalue weighted by atomic mass is 10.0. The molecule has 2 aromatic rings. The summed E-state index contributed by atoms with van der Waals surface area (Å²) < 4.78 is 5.19. The van der Waals surface area contributed by atoms with Gasteiger partial charge in [-0.2, -0.15) is 0 Å². The van der Waals surface area contributed by atoms with Crippen molar-refractivity contribution in [1.82, 2.24) is 4.90 Å². The lowest BCUT2D eigenvalue weighted by Gasteiger charge is -2.33. The summed E-state index contributed by atoms with van der Waals surface area (Å²) >= 11 is 0. The Morgan fingerprint density at radius 2 is 2.20 bits per heavy atom. The van der Waals surface area contributed by atoms with Gasteiger partial charge in [0.1, 0.15) is 11.3 Å². The van der Waals surface area contributed by atoms with Gasteiger partial charge in [0.15, 0.2) is 0 Å². The number of fused-ring (bicyclic) bond motifs is 1. The average Bonchev–Trinajstić information content (AvgIpc) is 2.42. The van der Waals surface area contributed by atoms with Gasteiger partial charge in [0, 0.05) is 24.0 Å². The summed E-state index contributed by atoms with van der Waals surface area (Å²) in [5.74, 6) is 0.194. The molecule has 2 heterocycles. The molecule has 1 atom stereocenters. The van der Waals surface area contributed by atoms with Gasteiger partial charge in [0.25, 0.3) is 0 Å². The second-order valence-electron chi connectivity index (χ2n) is 5.59. The van der Waals surface area contributed by atoms with Crippen molar-refractivity contribution < 1.29 is 9.52 Å². The topological polar surface area (TPSA) is 53.7 Å². The lowest BCUT2D eigenvalue weighted by molar-refractivity contribution is 0.153. The number of rotatable bonds is 2. The van der Waals surface area contributed by atoms with Gasteiger partial charge in [-0.25, -0.2) is 4.79 Å². The molecule has 0 radical (unpaired) electrons. The van der Waals surface area contributed by atoms with Crippen molar-refractivity contribution in [2.45, 2.75) is 38.8 Å². The number of piperidine rings is 1. The molecule has 0 bridgehead atoms. The number of benzene rings is 1. The van der Waals surface area contributed by atoms with Crippen molar-refractivity contribution in [2.24, 2.45) is 0 Å². The van der Waals surface area contributed by atoms with Crippen LogP contribution in [0.2, 0.25) is 0 Å². The second kappa shape index (κ2) is 5.29. The summed E-state index contributed by atoms with van der Waals surface area (Å²) in [7, 11) is 0. The highest BCUT2D eigenvalue weighted by molar-refractivity contribution is 5.81. The number of likely N-dealkylation sites (tertiary alicyclic amines) is 1. The minimum atomic E-state index is -0.331. The van der Waals surface area contributed by atoms with Crippen LogP contribution in [0.1, 0.15) is 31.7 Å². The van der Waals surface area contributed by atoms with Crippen LogP contribution in [-0.2, 0) is 6.54 Å². The zero-order valence-corrected chi connectivity index (χ0v) is 11.6. The van der Waals surface area contributed by atoms with E-state index in [-0.39, 0.29) is 11.4 Å². The summed E-state index contributed by atoms with van der Waals surface area (Å²) in [5, 5.41) is 10.5. The summed E-state index contributed by atoms with van der Waals surface area (Å²) in [5.41, 5.74) is 1.14. The normalized spacial score (nSPS) is 20.4. The van der Waals surface area contributed by atoms with Crippen molar-refractivity contribution in [2.75, 3.05) is 6.54 Å². The van der Waals surface area contributed by atoms with Gasteiger partial charge in [-0.05, 0) is 50.1 Å². The van der Waals surface area contributed by atoms with E-state index in [1.165, 1.54) is 19.3 Å². The monoisotopic (exact) mass is 273 g/mol. The maximum Gasteiger partial charge on any atom is 0.336 e. The minimum absolute atomic E-state index is 0.194. The van der Waals surface area contributed by atoms with Crippen molar-refractivity contribution >= 4 is 11.0 Å². The Morgan fingerprint density at radius 1 is 1.35 bits per heavy atom. The molecule has 4 nitrogen and oxygen atoms in total. The first kappa shape index (κ1) is 13.2. The van der Waals surface area contributed by atoms with Crippen LogP contribution in [-0.4, -0.2) is 22.6 Å². The minimum Gasteiger partial charge on any atom is -0.508 e. The quantitative estimate of drug-likeness (QED) is 0.855. The Morgan fingerprint density at radius 3 is 3.00 bits per heavy atom. The fraction of sp³-hybridized carbons (Fsp3) is 0.438. The fourth-order valence-electron chi connectivity index (χ4n) is 2.96. The maximum atomic E-state index is 11.7. The van der Waals surface area contributed by atoms with Gasteiger partial charge >= 0.3 is 5.63 Å². The van der Waals surface area contributed by atoms with Crippen LogP contribution < -0.4 is 5.63 Å². The lowest BCUT2D eigenvalue weighted by Crippen LogP contribution is -2.36. The molecule has 0 amide bonds. The van der Waals surface area contributed by atoms with Crippen molar-refractivity contribution in [3.8, 4) is 5.75 Å². The Labute approximate surface area is 117 Å². The highest BCUT2D eigenvalue weighted by Crippen LogP contribution is 2.25. The molecule has 1 N–H and O–H groups in total. The van der Waals surface area contributed by atoms with Gasteiger partial charge in [-0.15, -0.1) is 0 Å². The first-order valence-electron chi connectivity index (χ1n) is 7.13. The Kier molecular flexibility index (Phi) is 3.49. The first-order chi connectivity index (χ1) is 9.63. The van der Waals surface area contributed by atoms with E-state index in [1.807, 2.05) is 0 Å². The highest BCUT2D eigenvalue weighted by atomic mass is 16.4. The molecule has 0 unspecified atom stereocenters. The van der Waals surface area contributed by atoms with Crippen LogP contribution in [0, 0.1) is 0 Å².